The fourth-order valence-corrected chi connectivity index (χ4v) is 2.96. The number of ether oxygens (including phenoxy) is 1. The molecule has 1 aliphatic heterocycles. The van der Waals surface area contributed by atoms with Crippen LogP contribution in [-0.2, 0) is 9.53 Å². The number of rotatable bonds is 7. The Morgan fingerprint density at radius 1 is 1.45 bits per heavy atom. The lowest BCUT2D eigenvalue weighted by Gasteiger charge is -2.36. The van der Waals surface area contributed by atoms with Gasteiger partial charge in [-0.15, -0.1) is 0 Å². The first-order chi connectivity index (χ1) is 9.60. The van der Waals surface area contributed by atoms with Crippen LogP contribution in [0.15, 0.2) is 0 Å². The van der Waals surface area contributed by atoms with Crippen LogP contribution in [0.1, 0.15) is 32.1 Å². The molecule has 0 amide bonds. The van der Waals surface area contributed by atoms with E-state index in [0.717, 1.165) is 19.5 Å². The third-order valence-corrected chi connectivity index (χ3v) is 4.49. The van der Waals surface area contributed by atoms with Gasteiger partial charge in [-0.3, -0.25) is 4.79 Å². The summed E-state index contributed by atoms with van der Waals surface area (Å²) in [6.07, 6.45) is 5.75. The highest BCUT2D eigenvalue weighted by Crippen LogP contribution is 2.20. The Kier molecular flexibility index (Phi) is 5.81. The van der Waals surface area contributed by atoms with Crippen LogP contribution in [0.3, 0.4) is 0 Å². The minimum absolute atomic E-state index is 0.119. The van der Waals surface area contributed by atoms with E-state index in [1.807, 2.05) is 0 Å². The topological polar surface area (TPSA) is 44.8 Å². The summed E-state index contributed by atoms with van der Waals surface area (Å²) in [4.78, 5) is 16.6. The van der Waals surface area contributed by atoms with Gasteiger partial charge in [0.05, 0.1) is 7.11 Å². The molecule has 5 heteroatoms. The van der Waals surface area contributed by atoms with Crippen molar-refractivity contribution in [3.63, 3.8) is 0 Å². The van der Waals surface area contributed by atoms with Gasteiger partial charge < -0.3 is 19.9 Å². The van der Waals surface area contributed by atoms with Crippen molar-refractivity contribution in [2.24, 2.45) is 0 Å². The number of carbonyl (C=O) groups is 1. The number of piperidine rings is 1. The number of carbonyl (C=O) groups excluding carboxylic acids is 1. The number of esters is 1. The monoisotopic (exact) mass is 283 g/mol. The molecule has 1 N–H and O–H groups in total. The Morgan fingerprint density at radius 2 is 2.20 bits per heavy atom. The van der Waals surface area contributed by atoms with Gasteiger partial charge in [0.25, 0.3) is 0 Å². The lowest BCUT2D eigenvalue weighted by atomic mass is 10.0. The Labute approximate surface area is 122 Å². The summed E-state index contributed by atoms with van der Waals surface area (Å²) in [5.74, 6) is -0.119. The molecule has 20 heavy (non-hydrogen) atoms. The highest BCUT2D eigenvalue weighted by molar-refractivity contribution is 5.75. The van der Waals surface area contributed by atoms with Gasteiger partial charge in [0, 0.05) is 25.2 Å². The van der Waals surface area contributed by atoms with Gasteiger partial charge in [0.1, 0.15) is 6.04 Å². The molecule has 0 spiro atoms. The molecule has 5 nitrogen and oxygen atoms in total. The second-order valence-corrected chi connectivity index (χ2v) is 6.34. The van der Waals surface area contributed by atoms with Crippen LogP contribution in [0, 0.1) is 0 Å². The first kappa shape index (κ1) is 15.7. The van der Waals surface area contributed by atoms with Crippen molar-refractivity contribution in [2.75, 3.05) is 40.8 Å². The normalized spacial score (nSPS) is 25.7. The molecule has 1 aliphatic carbocycles. The Balaban J connectivity index is 1.76. The highest BCUT2D eigenvalue weighted by atomic mass is 16.5. The SMILES string of the molecule is COC(=O)C(CCN(C)C1CCCN(C)C1)NC1CC1. The van der Waals surface area contributed by atoms with E-state index in [1.54, 1.807) is 0 Å². The van der Waals surface area contributed by atoms with E-state index in [4.69, 9.17) is 4.74 Å². The Bertz CT molecular complexity index is 320. The summed E-state index contributed by atoms with van der Waals surface area (Å²) in [5.41, 5.74) is 0. The molecule has 0 radical (unpaired) electrons. The molecule has 0 aromatic rings. The van der Waals surface area contributed by atoms with Crippen LogP contribution in [-0.4, -0.2) is 74.7 Å². The number of nitrogens with zero attached hydrogens (tertiary/aromatic N) is 2. The summed E-state index contributed by atoms with van der Waals surface area (Å²) < 4.78 is 4.91. The lowest BCUT2D eigenvalue weighted by molar-refractivity contribution is -0.143. The third kappa shape index (κ3) is 4.72. The zero-order valence-corrected chi connectivity index (χ0v) is 13.1. The number of hydrogen-bond acceptors (Lipinski definition) is 5. The molecule has 1 saturated carbocycles. The average molecular weight is 283 g/mol. The van der Waals surface area contributed by atoms with Crippen molar-refractivity contribution >= 4 is 5.97 Å². The molecule has 0 bridgehead atoms. The van der Waals surface area contributed by atoms with E-state index < -0.39 is 0 Å². The van der Waals surface area contributed by atoms with Crippen LogP contribution in [0.2, 0.25) is 0 Å². The van der Waals surface area contributed by atoms with E-state index in [0.29, 0.717) is 12.1 Å². The van der Waals surface area contributed by atoms with Gasteiger partial charge in [0.2, 0.25) is 0 Å². The first-order valence-electron chi connectivity index (χ1n) is 7.83. The smallest absolute Gasteiger partial charge is 0.322 e. The first-order valence-corrected chi connectivity index (χ1v) is 7.83. The zero-order valence-electron chi connectivity index (χ0n) is 13.1. The minimum atomic E-state index is -0.142. The molecule has 2 atom stereocenters. The number of likely N-dealkylation sites (tertiary alicyclic amines) is 1. The second-order valence-electron chi connectivity index (χ2n) is 6.34. The fraction of sp³-hybridized carbons (Fsp3) is 0.933. The maximum atomic E-state index is 11.8. The summed E-state index contributed by atoms with van der Waals surface area (Å²) in [6.45, 7) is 3.28. The number of hydrogen-bond donors (Lipinski definition) is 1. The Morgan fingerprint density at radius 3 is 2.80 bits per heavy atom. The van der Waals surface area contributed by atoms with E-state index in [1.165, 1.54) is 39.3 Å². The van der Waals surface area contributed by atoms with E-state index >= 15 is 0 Å². The maximum Gasteiger partial charge on any atom is 0.322 e. The van der Waals surface area contributed by atoms with Crippen molar-refractivity contribution in [3.05, 3.63) is 0 Å². The predicted molar refractivity (Wildman–Crippen MR) is 79.7 cm³/mol. The van der Waals surface area contributed by atoms with Crippen molar-refractivity contribution < 1.29 is 9.53 Å². The average Bonchev–Trinajstić information content (AvgIpc) is 3.26. The molecular formula is C15H29N3O2. The summed E-state index contributed by atoms with van der Waals surface area (Å²) in [5, 5.41) is 3.40. The van der Waals surface area contributed by atoms with E-state index in [9.17, 15) is 4.79 Å². The molecule has 2 rings (SSSR count). The van der Waals surface area contributed by atoms with Gasteiger partial charge >= 0.3 is 5.97 Å². The summed E-state index contributed by atoms with van der Waals surface area (Å²) >= 11 is 0. The fourth-order valence-electron chi connectivity index (χ4n) is 2.96. The molecule has 1 saturated heterocycles. The molecule has 1 heterocycles. The molecule has 2 unspecified atom stereocenters. The minimum Gasteiger partial charge on any atom is -0.468 e. The van der Waals surface area contributed by atoms with Crippen molar-refractivity contribution in [1.82, 2.24) is 15.1 Å². The van der Waals surface area contributed by atoms with Gasteiger partial charge in [-0.25, -0.2) is 0 Å². The zero-order chi connectivity index (χ0) is 14.5. The van der Waals surface area contributed by atoms with E-state index in [-0.39, 0.29) is 12.0 Å². The van der Waals surface area contributed by atoms with Crippen LogP contribution in [0.4, 0.5) is 0 Å². The van der Waals surface area contributed by atoms with Crippen LogP contribution in [0.5, 0.6) is 0 Å². The highest BCUT2D eigenvalue weighted by Gasteiger charge is 2.29. The number of nitrogens with one attached hydrogen (secondary N) is 1. The molecule has 0 aromatic heterocycles. The standard InChI is InChI=1S/C15H29N3O2/c1-17-9-4-5-13(11-17)18(2)10-8-14(15(19)20-3)16-12-6-7-12/h12-14,16H,4-11H2,1-3H3. The largest absolute Gasteiger partial charge is 0.468 e. The van der Waals surface area contributed by atoms with Crippen LogP contribution in [0.25, 0.3) is 0 Å². The van der Waals surface area contributed by atoms with Crippen molar-refractivity contribution in [1.29, 1.82) is 0 Å². The Hall–Kier alpha value is -0.650. The van der Waals surface area contributed by atoms with Crippen LogP contribution >= 0.6 is 0 Å². The van der Waals surface area contributed by atoms with Crippen molar-refractivity contribution in [2.45, 2.75) is 50.2 Å². The molecule has 2 aliphatic rings. The number of methoxy groups -OCH3 is 1. The molecule has 0 aromatic carbocycles. The third-order valence-electron chi connectivity index (χ3n) is 4.49. The summed E-state index contributed by atoms with van der Waals surface area (Å²) in [6, 6.07) is 1.01. The van der Waals surface area contributed by atoms with Crippen LogP contribution < -0.4 is 5.32 Å². The van der Waals surface area contributed by atoms with E-state index in [2.05, 4.69) is 29.2 Å². The molecular weight excluding hydrogens is 254 g/mol. The van der Waals surface area contributed by atoms with Gasteiger partial charge in [-0.2, -0.15) is 0 Å². The second kappa shape index (κ2) is 7.38. The lowest BCUT2D eigenvalue weighted by Crippen LogP contribution is -2.47. The van der Waals surface area contributed by atoms with Gasteiger partial charge in [0.15, 0.2) is 0 Å². The quantitative estimate of drug-likeness (QED) is 0.697. The van der Waals surface area contributed by atoms with Crippen molar-refractivity contribution in [3.8, 4) is 0 Å². The number of likely N-dealkylation sites (N-methyl/N-ethyl adjacent to an activating group) is 2. The molecule has 2 fully saturated rings. The summed E-state index contributed by atoms with van der Waals surface area (Å²) in [7, 11) is 5.84. The van der Waals surface area contributed by atoms with Gasteiger partial charge in [-0.05, 0) is 52.7 Å². The maximum absolute atomic E-state index is 11.8. The van der Waals surface area contributed by atoms with Gasteiger partial charge in [-0.1, -0.05) is 0 Å². The molecule has 116 valence electrons. The predicted octanol–water partition coefficient (Wildman–Crippen LogP) is 0.696.